The maximum Gasteiger partial charge on any atom is 0.223 e. The Bertz CT molecular complexity index is 950. The molecule has 1 aliphatic rings. The zero-order valence-corrected chi connectivity index (χ0v) is 17.0. The smallest absolute Gasteiger partial charge is 0.223 e. The van der Waals surface area contributed by atoms with Crippen LogP contribution >= 0.6 is 0 Å². The van der Waals surface area contributed by atoms with Gasteiger partial charge in [-0.1, -0.05) is 60.2 Å². The quantitative estimate of drug-likeness (QED) is 0.659. The lowest BCUT2D eigenvalue weighted by Gasteiger charge is -2.40. The monoisotopic (exact) mass is 389 g/mol. The van der Waals surface area contributed by atoms with Crippen molar-refractivity contribution in [2.75, 3.05) is 26.7 Å². The van der Waals surface area contributed by atoms with E-state index in [1.807, 2.05) is 35.2 Å². The average Bonchev–Trinajstić information content (AvgIpc) is 3.22. The van der Waals surface area contributed by atoms with Crippen molar-refractivity contribution in [3.05, 3.63) is 77.8 Å². The first-order valence-electron chi connectivity index (χ1n) is 10.1. The van der Waals surface area contributed by atoms with Gasteiger partial charge in [-0.05, 0) is 19.5 Å². The Hall–Kier alpha value is -2.92. The number of hydrogen-bond acceptors (Lipinski definition) is 4. The summed E-state index contributed by atoms with van der Waals surface area (Å²) in [5.74, 6) is 1.51. The molecule has 1 fully saturated rings. The van der Waals surface area contributed by atoms with Crippen LogP contribution in [0.3, 0.4) is 0 Å². The standard InChI is InChI=1S/C24H27N3O2/c1-18-8-10-20(11-9-18)22-16-25-23(29-22)12-13-24(28)27-15-14-26(2)17-21(27)19-6-4-3-5-7-19/h3-11,16,21H,12-15,17H2,1-2H3/t21-/m0/s1. The van der Waals surface area contributed by atoms with E-state index < -0.39 is 0 Å². The molecule has 0 aliphatic carbocycles. The van der Waals surface area contributed by atoms with E-state index in [1.54, 1.807) is 6.20 Å². The first-order chi connectivity index (χ1) is 14.1. The second-order valence-corrected chi connectivity index (χ2v) is 7.76. The summed E-state index contributed by atoms with van der Waals surface area (Å²) in [5.41, 5.74) is 3.40. The van der Waals surface area contributed by atoms with Crippen LogP contribution in [-0.2, 0) is 11.2 Å². The van der Waals surface area contributed by atoms with E-state index in [0.717, 1.165) is 31.0 Å². The molecule has 1 amide bonds. The first-order valence-corrected chi connectivity index (χ1v) is 10.1. The summed E-state index contributed by atoms with van der Waals surface area (Å²) >= 11 is 0. The topological polar surface area (TPSA) is 49.6 Å². The molecule has 3 aromatic rings. The van der Waals surface area contributed by atoms with Crippen LogP contribution in [-0.4, -0.2) is 47.4 Å². The summed E-state index contributed by atoms with van der Waals surface area (Å²) in [6, 6.07) is 18.5. The SMILES string of the molecule is Cc1ccc(-c2cnc(CCC(=O)N3CCN(C)C[C@H]3c3ccccc3)o2)cc1. The van der Waals surface area contributed by atoms with Crippen molar-refractivity contribution in [2.45, 2.75) is 25.8 Å². The molecule has 0 bridgehead atoms. The number of carbonyl (C=O) groups is 1. The van der Waals surface area contributed by atoms with Crippen LogP contribution in [0.15, 0.2) is 65.2 Å². The van der Waals surface area contributed by atoms with Gasteiger partial charge >= 0.3 is 0 Å². The van der Waals surface area contributed by atoms with Crippen molar-refractivity contribution in [2.24, 2.45) is 0 Å². The summed E-state index contributed by atoms with van der Waals surface area (Å²) in [4.78, 5) is 21.7. The van der Waals surface area contributed by atoms with Crippen molar-refractivity contribution in [1.82, 2.24) is 14.8 Å². The summed E-state index contributed by atoms with van der Waals surface area (Å²) in [6.07, 6.45) is 2.66. The summed E-state index contributed by atoms with van der Waals surface area (Å²) in [5, 5.41) is 0. The van der Waals surface area contributed by atoms with E-state index in [0.29, 0.717) is 18.7 Å². The lowest BCUT2D eigenvalue weighted by molar-refractivity contribution is -0.136. The van der Waals surface area contributed by atoms with Crippen LogP contribution in [0.2, 0.25) is 0 Å². The second-order valence-electron chi connectivity index (χ2n) is 7.76. The third-order valence-corrected chi connectivity index (χ3v) is 5.53. The molecule has 0 saturated carbocycles. The van der Waals surface area contributed by atoms with Gasteiger partial charge in [0.05, 0.1) is 12.2 Å². The first kappa shape index (κ1) is 19.4. The number of aryl methyl sites for hydroxylation is 2. The molecule has 1 atom stereocenters. The third kappa shape index (κ3) is 4.57. The third-order valence-electron chi connectivity index (χ3n) is 5.53. The molecule has 0 N–H and O–H groups in total. The molecular weight excluding hydrogens is 362 g/mol. The highest BCUT2D eigenvalue weighted by atomic mass is 16.4. The van der Waals surface area contributed by atoms with Gasteiger partial charge in [0.1, 0.15) is 0 Å². The minimum Gasteiger partial charge on any atom is -0.441 e. The molecule has 0 radical (unpaired) electrons. The molecule has 29 heavy (non-hydrogen) atoms. The minimum atomic E-state index is 0.0927. The molecule has 1 saturated heterocycles. The number of benzene rings is 2. The molecule has 0 unspecified atom stereocenters. The molecule has 2 aromatic carbocycles. The number of amides is 1. The van der Waals surface area contributed by atoms with Crippen LogP contribution in [0, 0.1) is 6.92 Å². The molecule has 2 heterocycles. The number of likely N-dealkylation sites (N-methyl/N-ethyl adjacent to an activating group) is 1. The number of nitrogens with zero attached hydrogens (tertiary/aromatic N) is 3. The van der Waals surface area contributed by atoms with Gasteiger partial charge in [-0.3, -0.25) is 4.79 Å². The number of aromatic nitrogens is 1. The fourth-order valence-electron chi connectivity index (χ4n) is 3.81. The fraction of sp³-hybridized carbons (Fsp3) is 0.333. The van der Waals surface area contributed by atoms with E-state index in [9.17, 15) is 4.79 Å². The van der Waals surface area contributed by atoms with Crippen LogP contribution in [0.25, 0.3) is 11.3 Å². The van der Waals surface area contributed by atoms with E-state index in [-0.39, 0.29) is 11.9 Å². The maximum atomic E-state index is 13.0. The lowest BCUT2D eigenvalue weighted by atomic mass is 10.0. The average molecular weight is 389 g/mol. The highest BCUT2D eigenvalue weighted by Gasteiger charge is 2.30. The van der Waals surface area contributed by atoms with Gasteiger partial charge in [0.15, 0.2) is 11.7 Å². The molecule has 5 heteroatoms. The van der Waals surface area contributed by atoms with Gasteiger partial charge < -0.3 is 14.2 Å². The van der Waals surface area contributed by atoms with Gasteiger partial charge in [0.25, 0.3) is 0 Å². The Labute approximate surface area is 172 Å². The lowest BCUT2D eigenvalue weighted by Crippen LogP contribution is -2.49. The van der Waals surface area contributed by atoms with Crippen molar-refractivity contribution in [3.8, 4) is 11.3 Å². The maximum absolute atomic E-state index is 13.0. The van der Waals surface area contributed by atoms with E-state index >= 15 is 0 Å². The van der Waals surface area contributed by atoms with Crippen molar-refractivity contribution < 1.29 is 9.21 Å². The Morgan fingerprint density at radius 2 is 1.86 bits per heavy atom. The number of piperazine rings is 1. The molecule has 5 nitrogen and oxygen atoms in total. The largest absolute Gasteiger partial charge is 0.441 e. The van der Waals surface area contributed by atoms with Crippen molar-refractivity contribution in [1.29, 1.82) is 0 Å². The molecule has 150 valence electrons. The Balaban J connectivity index is 1.41. The van der Waals surface area contributed by atoms with Crippen LogP contribution < -0.4 is 0 Å². The molecule has 0 spiro atoms. The van der Waals surface area contributed by atoms with Crippen LogP contribution in [0.1, 0.15) is 29.5 Å². The van der Waals surface area contributed by atoms with E-state index in [4.69, 9.17) is 4.42 Å². The number of rotatable bonds is 5. The summed E-state index contributed by atoms with van der Waals surface area (Å²) in [6.45, 7) is 4.55. The van der Waals surface area contributed by atoms with Gasteiger partial charge in [-0.15, -0.1) is 0 Å². The van der Waals surface area contributed by atoms with E-state index in [1.165, 1.54) is 11.1 Å². The Kier molecular flexibility index (Phi) is 5.76. The van der Waals surface area contributed by atoms with Gasteiger partial charge in [-0.2, -0.15) is 0 Å². The van der Waals surface area contributed by atoms with Gasteiger partial charge in [0.2, 0.25) is 5.91 Å². The van der Waals surface area contributed by atoms with Gasteiger partial charge in [0, 0.05) is 38.0 Å². The normalized spacial score (nSPS) is 17.4. The molecule has 1 aromatic heterocycles. The zero-order chi connectivity index (χ0) is 20.2. The summed E-state index contributed by atoms with van der Waals surface area (Å²) < 4.78 is 5.89. The molecular formula is C24H27N3O2. The highest BCUT2D eigenvalue weighted by Crippen LogP contribution is 2.26. The van der Waals surface area contributed by atoms with Crippen LogP contribution in [0.5, 0.6) is 0 Å². The molecule has 1 aliphatic heterocycles. The number of hydrogen-bond donors (Lipinski definition) is 0. The van der Waals surface area contributed by atoms with Crippen LogP contribution in [0.4, 0.5) is 0 Å². The predicted molar refractivity (Wildman–Crippen MR) is 113 cm³/mol. The zero-order valence-electron chi connectivity index (χ0n) is 17.0. The summed E-state index contributed by atoms with van der Waals surface area (Å²) in [7, 11) is 2.11. The molecule has 4 rings (SSSR count). The predicted octanol–water partition coefficient (Wildman–Crippen LogP) is 4.10. The number of oxazole rings is 1. The second kappa shape index (κ2) is 8.62. The Morgan fingerprint density at radius 3 is 2.62 bits per heavy atom. The number of carbonyl (C=O) groups excluding carboxylic acids is 1. The fourth-order valence-corrected chi connectivity index (χ4v) is 3.81. The van der Waals surface area contributed by atoms with Crippen molar-refractivity contribution >= 4 is 5.91 Å². The van der Waals surface area contributed by atoms with Gasteiger partial charge in [-0.25, -0.2) is 4.98 Å². The highest BCUT2D eigenvalue weighted by molar-refractivity contribution is 5.77. The minimum absolute atomic E-state index is 0.0927. The van der Waals surface area contributed by atoms with E-state index in [2.05, 4.69) is 48.1 Å². The van der Waals surface area contributed by atoms with Crippen molar-refractivity contribution in [3.63, 3.8) is 0 Å². The Morgan fingerprint density at radius 1 is 1.10 bits per heavy atom.